The van der Waals surface area contributed by atoms with Crippen LogP contribution >= 0.6 is 45.8 Å². The fraction of sp³-hybridized carbons (Fsp3) is 0.125. The summed E-state index contributed by atoms with van der Waals surface area (Å²) >= 11 is 14.2. The van der Waals surface area contributed by atoms with Gasteiger partial charge in [0.05, 0.1) is 15.1 Å². The summed E-state index contributed by atoms with van der Waals surface area (Å²) in [5.74, 6) is -0.0625. The second kappa shape index (κ2) is 7.99. The van der Waals surface area contributed by atoms with Gasteiger partial charge in [0.1, 0.15) is 5.71 Å². The van der Waals surface area contributed by atoms with Crippen LogP contribution in [0.25, 0.3) is 0 Å². The first kappa shape index (κ1) is 18.0. The number of rotatable bonds is 4. The van der Waals surface area contributed by atoms with Crippen LogP contribution in [0.1, 0.15) is 11.1 Å². The third kappa shape index (κ3) is 3.97. The summed E-state index contributed by atoms with van der Waals surface area (Å²) < 4.78 is 0.339. The molecule has 2 aromatic rings. The van der Waals surface area contributed by atoms with Crippen molar-refractivity contribution in [3.63, 3.8) is 0 Å². The molecule has 1 N–H and O–H groups in total. The van der Waals surface area contributed by atoms with Crippen molar-refractivity contribution in [2.45, 2.75) is 0 Å². The number of nitrogens with zero attached hydrogens (tertiary/aromatic N) is 2. The highest BCUT2D eigenvalue weighted by molar-refractivity contribution is 14.1. The van der Waals surface area contributed by atoms with E-state index in [-0.39, 0.29) is 11.6 Å². The smallest absolute Gasteiger partial charge is 0.236 e. The predicted octanol–water partition coefficient (Wildman–Crippen LogP) is 4.62. The van der Waals surface area contributed by atoms with Crippen LogP contribution < -0.4 is 4.90 Å². The molecule has 0 bridgehead atoms. The average molecular weight is 463 g/mol. The highest BCUT2D eigenvalue weighted by atomic mass is 127. The Hall–Kier alpha value is -1.31. The molecule has 7 heteroatoms. The van der Waals surface area contributed by atoms with Gasteiger partial charge in [0.25, 0.3) is 0 Å². The highest BCUT2D eigenvalue weighted by Gasteiger charge is 2.20. The lowest BCUT2D eigenvalue weighted by Gasteiger charge is -2.20. The van der Waals surface area contributed by atoms with Crippen molar-refractivity contribution in [3.05, 3.63) is 63.6 Å². The zero-order chi connectivity index (χ0) is 17.0. The molecule has 0 heterocycles. The fourth-order valence-corrected chi connectivity index (χ4v) is 3.01. The highest BCUT2D eigenvalue weighted by Crippen LogP contribution is 2.28. The fourth-order valence-electron chi connectivity index (χ4n) is 2.12. The van der Waals surface area contributed by atoms with Gasteiger partial charge in [-0.3, -0.25) is 4.79 Å². The maximum atomic E-state index is 12.0. The minimum atomic E-state index is -0.0625. The molecule has 0 aliphatic carbocycles. The largest absolute Gasteiger partial charge is 0.410 e. The Labute approximate surface area is 157 Å². The molecule has 120 valence electrons. The number of amides is 1. The van der Waals surface area contributed by atoms with E-state index in [2.05, 4.69) is 5.16 Å². The first-order chi connectivity index (χ1) is 11.0. The molecule has 4 nitrogen and oxygen atoms in total. The molecule has 23 heavy (non-hydrogen) atoms. The van der Waals surface area contributed by atoms with Gasteiger partial charge in [-0.2, -0.15) is 0 Å². The number of halogens is 3. The Morgan fingerprint density at radius 1 is 1.22 bits per heavy atom. The molecule has 0 atom stereocenters. The first-order valence-electron chi connectivity index (χ1n) is 6.59. The van der Waals surface area contributed by atoms with E-state index in [1.54, 1.807) is 43.4 Å². The molecule has 0 spiro atoms. The van der Waals surface area contributed by atoms with Crippen molar-refractivity contribution < 1.29 is 10.0 Å². The summed E-state index contributed by atoms with van der Waals surface area (Å²) in [4.78, 5) is 13.5. The Kier molecular flexibility index (Phi) is 6.26. The normalized spacial score (nSPS) is 11.4. The summed E-state index contributed by atoms with van der Waals surface area (Å²) in [6, 6.07) is 12.1. The van der Waals surface area contributed by atoms with E-state index in [1.807, 2.05) is 28.7 Å². The monoisotopic (exact) mass is 462 g/mol. The Morgan fingerprint density at radius 3 is 2.57 bits per heavy atom. The van der Waals surface area contributed by atoms with Crippen LogP contribution in [0.15, 0.2) is 47.6 Å². The first-order valence-corrected chi connectivity index (χ1v) is 8.87. The van der Waals surface area contributed by atoms with Gasteiger partial charge >= 0.3 is 0 Å². The molecule has 0 aliphatic heterocycles. The quantitative estimate of drug-likeness (QED) is 0.237. The molecule has 2 rings (SSSR count). The van der Waals surface area contributed by atoms with Crippen LogP contribution in [-0.2, 0) is 4.79 Å². The van der Waals surface area contributed by atoms with Gasteiger partial charge in [-0.15, -0.1) is 0 Å². The van der Waals surface area contributed by atoms with Gasteiger partial charge in [-0.05, 0) is 24.3 Å². The second-order valence-corrected chi connectivity index (χ2v) is 6.28. The van der Waals surface area contributed by atoms with Crippen LogP contribution in [0.2, 0.25) is 10.0 Å². The average Bonchev–Trinajstić information content (AvgIpc) is 2.57. The molecule has 0 aromatic heterocycles. The molecule has 0 radical (unpaired) electrons. The van der Waals surface area contributed by atoms with Crippen molar-refractivity contribution in [2.24, 2.45) is 5.16 Å². The standard InChI is InChI=1S/C16H13Cl2IN2O2/c1-21(15(22)9-19)14-5-3-2-4-11(14)16(20-23)12-8-10(17)6-7-13(12)18/h2-8,23H,9H2,1H3. The Balaban J connectivity index is 2.60. The lowest BCUT2D eigenvalue weighted by atomic mass is 10.00. The lowest BCUT2D eigenvalue weighted by Crippen LogP contribution is -2.28. The maximum Gasteiger partial charge on any atom is 0.236 e. The SMILES string of the molecule is CN(C(=O)CI)c1ccccc1C(=NO)c1cc(Cl)ccc1Cl. The number of carbonyl (C=O) groups excluding carboxylic acids is 1. The van der Waals surface area contributed by atoms with E-state index < -0.39 is 0 Å². The molecule has 0 saturated carbocycles. The van der Waals surface area contributed by atoms with E-state index in [0.717, 1.165) is 0 Å². The van der Waals surface area contributed by atoms with E-state index in [9.17, 15) is 10.0 Å². The van der Waals surface area contributed by atoms with Gasteiger partial charge in [0.2, 0.25) is 5.91 Å². The van der Waals surface area contributed by atoms with Crippen molar-refractivity contribution >= 4 is 63.1 Å². The van der Waals surface area contributed by atoms with Crippen molar-refractivity contribution in [2.75, 3.05) is 16.4 Å². The zero-order valence-corrected chi connectivity index (χ0v) is 15.8. The molecule has 1 amide bonds. The Bertz CT molecular complexity index is 765. The molecule has 2 aromatic carbocycles. The number of carbonyl (C=O) groups is 1. The van der Waals surface area contributed by atoms with Gasteiger partial charge in [-0.25, -0.2) is 0 Å². The third-order valence-corrected chi connectivity index (χ3v) is 4.51. The second-order valence-electron chi connectivity index (χ2n) is 4.68. The maximum absolute atomic E-state index is 12.0. The molecular formula is C16H13Cl2IN2O2. The van der Waals surface area contributed by atoms with Crippen molar-refractivity contribution in [1.29, 1.82) is 0 Å². The van der Waals surface area contributed by atoms with E-state index in [4.69, 9.17) is 23.2 Å². The number of hydrogen-bond donors (Lipinski definition) is 1. The zero-order valence-electron chi connectivity index (χ0n) is 12.1. The number of hydrogen-bond acceptors (Lipinski definition) is 3. The summed E-state index contributed by atoms with van der Waals surface area (Å²) in [7, 11) is 1.68. The minimum absolute atomic E-state index is 0.0625. The van der Waals surface area contributed by atoms with Crippen LogP contribution in [-0.4, -0.2) is 28.3 Å². The van der Waals surface area contributed by atoms with E-state index >= 15 is 0 Å². The number of oxime groups is 1. The van der Waals surface area contributed by atoms with E-state index in [1.165, 1.54) is 4.90 Å². The third-order valence-electron chi connectivity index (χ3n) is 3.29. The number of benzene rings is 2. The number of alkyl halides is 1. The molecular weight excluding hydrogens is 450 g/mol. The Morgan fingerprint density at radius 2 is 1.91 bits per heavy atom. The molecule has 0 unspecified atom stereocenters. The molecule has 0 fully saturated rings. The molecule has 0 saturated heterocycles. The van der Waals surface area contributed by atoms with Crippen LogP contribution in [0, 0.1) is 0 Å². The topological polar surface area (TPSA) is 52.9 Å². The van der Waals surface area contributed by atoms with Crippen molar-refractivity contribution in [3.8, 4) is 0 Å². The summed E-state index contributed by atoms with van der Waals surface area (Å²) in [6.45, 7) is 0. The summed E-state index contributed by atoms with van der Waals surface area (Å²) in [5, 5.41) is 13.8. The van der Waals surface area contributed by atoms with Gasteiger partial charge in [0, 0.05) is 23.2 Å². The van der Waals surface area contributed by atoms with Crippen LogP contribution in [0.5, 0.6) is 0 Å². The van der Waals surface area contributed by atoms with E-state index in [0.29, 0.717) is 31.3 Å². The summed E-state index contributed by atoms with van der Waals surface area (Å²) in [6.07, 6.45) is 0. The van der Waals surface area contributed by atoms with Gasteiger partial charge in [0.15, 0.2) is 0 Å². The van der Waals surface area contributed by atoms with Crippen LogP contribution in [0.4, 0.5) is 5.69 Å². The van der Waals surface area contributed by atoms with Crippen LogP contribution in [0.3, 0.4) is 0 Å². The van der Waals surface area contributed by atoms with Crippen molar-refractivity contribution in [1.82, 2.24) is 0 Å². The van der Waals surface area contributed by atoms with Gasteiger partial charge in [-0.1, -0.05) is 69.1 Å². The minimum Gasteiger partial charge on any atom is -0.410 e. The number of para-hydroxylation sites is 1. The van der Waals surface area contributed by atoms with Gasteiger partial charge < -0.3 is 10.1 Å². The lowest BCUT2D eigenvalue weighted by molar-refractivity contribution is -0.115. The molecule has 0 aliphatic rings. The summed E-state index contributed by atoms with van der Waals surface area (Å²) in [5.41, 5.74) is 1.95. The predicted molar refractivity (Wildman–Crippen MR) is 103 cm³/mol. The number of anilines is 1.